The highest BCUT2D eigenvalue weighted by Gasteiger charge is 2.11. The van der Waals surface area contributed by atoms with Crippen molar-refractivity contribution >= 4 is 70.1 Å². The number of anilines is 3. The van der Waals surface area contributed by atoms with Crippen molar-refractivity contribution in [3.05, 3.63) is 231 Å². The van der Waals surface area contributed by atoms with E-state index in [0.717, 1.165) is 29.2 Å². The van der Waals surface area contributed by atoms with E-state index in [-0.39, 0.29) is 39.7 Å². The highest BCUT2D eigenvalue weighted by atomic mass is 35.5. The first-order chi connectivity index (χ1) is 39.2. The van der Waals surface area contributed by atoms with Crippen molar-refractivity contribution in [1.82, 2.24) is 49.1 Å². The molecule has 8 aromatic heterocycles. The number of hydrogen-bond donors (Lipinski definition) is 10. The smallest absolute Gasteiger partial charge is 0.337 e. The second-order valence-electron chi connectivity index (χ2n) is 16.4. The van der Waals surface area contributed by atoms with E-state index in [0.29, 0.717) is 64.0 Å². The van der Waals surface area contributed by atoms with Crippen molar-refractivity contribution in [2.45, 2.75) is 33.6 Å². The lowest BCUT2D eigenvalue weighted by molar-refractivity contribution is -0.134. The van der Waals surface area contributed by atoms with Crippen molar-refractivity contribution in [2.24, 2.45) is 17.5 Å². The molecule has 16 N–H and O–H groups in total. The summed E-state index contributed by atoms with van der Waals surface area (Å²) < 4.78 is 29.6. The number of pyridine rings is 6. The van der Waals surface area contributed by atoms with Crippen LogP contribution in [0.1, 0.15) is 82.3 Å². The lowest BCUT2D eigenvalue weighted by atomic mass is 10.1. The summed E-state index contributed by atoms with van der Waals surface area (Å²) in [5, 5.41) is 51.7. The largest absolute Gasteiger partial charge is 0.481 e. The summed E-state index contributed by atoms with van der Waals surface area (Å²) in [6.07, 6.45) is 10.3. The van der Waals surface area contributed by atoms with Gasteiger partial charge in [-0.1, -0.05) is 48.0 Å². The van der Waals surface area contributed by atoms with Crippen molar-refractivity contribution in [3.63, 3.8) is 0 Å². The Balaban J connectivity index is 0.000000279. The number of nitrogen functional groups attached to an aromatic ring is 2. The molecule has 0 saturated carbocycles. The van der Waals surface area contributed by atoms with E-state index in [1.807, 2.05) is 31.2 Å². The van der Waals surface area contributed by atoms with Gasteiger partial charge in [0.1, 0.15) is 45.9 Å². The lowest BCUT2D eigenvalue weighted by Gasteiger charge is -2.07. The minimum absolute atomic E-state index is 0. The van der Waals surface area contributed by atoms with Crippen LogP contribution in [0, 0.1) is 25.5 Å². The van der Waals surface area contributed by atoms with Crippen LogP contribution >= 0.6 is 11.6 Å². The van der Waals surface area contributed by atoms with Gasteiger partial charge in [0.25, 0.3) is 11.9 Å². The van der Waals surface area contributed by atoms with E-state index in [9.17, 15) is 28.0 Å². The van der Waals surface area contributed by atoms with Crippen LogP contribution in [0.3, 0.4) is 0 Å². The lowest BCUT2D eigenvalue weighted by Crippen LogP contribution is -2.13. The molecule has 0 saturated heterocycles. The van der Waals surface area contributed by atoms with Crippen LogP contribution in [0.4, 0.5) is 26.2 Å². The van der Waals surface area contributed by atoms with Crippen molar-refractivity contribution in [3.8, 4) is 0 Å². The number of nitrogens with one attached hydrogen (secondary N) is 2. The quantitative estimate of drug-likeness (QED) is 0.0418. The van der Waals surface area contributed by atoms with E-state index < -0.39 is 23.9 Å². The molecule has 0 aliphatic carbocycles. The normalized spacial score (nSPS) is 9.75. The van der Waals surface area contributed by atoms with Crippen LogP contribution < -0.4 is 34.0 Å². The molecule has 0 aliphatic heterocycles. The van der Waals surface area contributed by atoms with Crippen LogP contribution in [-0.4, -0.2) is 105 Å². The molecule has 0 bridgehead atoms. The zero-order chi connectivity index (χ0) is 60.3. The number of rotatable bonds is 10. The van der Waals surface area contributed by atoms with Gasteiger partial charge >= 0.3 is 17.9 Å². The third-order valence-electron chi connectivity index (χ3n) is 10.3. The molecular weight excluding hydrogens is 1110 g/mol. The molecule has 0 spiro atoms. The number of benzene rings is 2. The number of aryl methyl sites for hydroxylation is 2. The third-order valence-corrected chi connectivity index (χ3v) is 10.5. The fourth-order valence-corrected chi connectivity index (χ4v) is 6.59. The number of aromatic nitrogens is 10. The second kappa shape index (κ2) is 33.6. The minimum atomic E-state index is -0.999. The minimum Gasteiger partial charge on any atom is -0.481 e. The number of carbonyl (C=O) groups is 5. The number of nitrogens with two attached hydrogens (primary N) is 4. The molecular formula is C54H55ClF2N16O10. The number of nitrogens with zero attached hydrogens (tertiary/aromatic N) is 10. The molecule has 10 aromatic rings. The molecule has 0 unspecified atom stereocenters. The number of aliphatic carboxylic acids is 1. The molecule has 29 heteroatoms. The third kappa shape index (κ3) is 22.5. The summed E-state index contributed by atoms with van der Waals surface area (Å²) in [6, 6.07) is 32.6. The summed E-state index contributed by atoms with van der Waals surface area (Å²) in [4.78, 5) is 68.2. The van der Waals surface area contributed by atoms with Gasteiger partial charge in [-0.3, -0.25) is 30.1 Å². The fraction of sp³-hybridized carbons (Fsp3) is 0.0926. The van der Waals surface area contributed by atoms with E-state index in [4.69, 9.17) is 48.4 Å². The zero-order valence-corrected chi connectivity index (χ0v) is 44.9. The van der Waals surface area contributed by atoms with Crippen molar-refractivity contribution in [1.29, 1.82) is 0 Å². The predicted octanol–water partition coefficient (Wildman–Crippen LogP) is 6.13. The first-order valence-corrected chi connectivity index (χ1v) is 23.9. The maximum absolute atomic E-state index is 13.3. The van der Waals surface area contributed by atoms with E-state index in [1.165, 1.54) is 73.2 Å². The van der Waals surface area contributed by atoms with E-state index in [2.05, 4.69) is 62.8 Å². The molecule has 10 rings (SSSR count). The molecule has 8 heterocycles. The number of carboxylic acid groups (broad SMARTS) is 4. The topological polar surface area (TPSA) is 438 Å². The molecule has 2 aromatic carbocycles. The number of halogens is 3. The Morgan fingerprint density at radius 1 is 0.542 bits per heavy atom. The molecule has 0 radical (unpaired) electrons. The molecule has 26 nitrogen and oxygen atoms in total. The van der Waals surface area contributed by atoms with Gasteiger partial charge in [-0.05, 0) is 134 Å². The van der Waals surface area contributed by atoms with Gasteiger partial charge in [-0.25, -0.2) is 48.9 Å². The Hall–Kier alpha value is -10.8. The van der Waals surface area contributed by atoms with Gasteiger partial charge in [-0.15, -0.1) is 20.4 Å². The summed E-state index contributed by atoms with van der Waals surface area (Å²) in [5.41, 5.74) is 13.9. The average molecular weight is 1160 g/mol. The van der Waals surface area contributed by atoms with Gasteiger partial charge in [-0.2, -0.15) is 0 Å². The Morgan fingerprint density at radius 2 is 0.976 bits per heavy atom. The first-order valence-electron chi connectivity index (χ1n) is 23.5. The van der Waals surface area contributed by atoms with Crippen LogP contribution in [0.2, 0.25) is 5.15 Å². The molecule has 0 fully saturated rings. The monoisotopic (exact) mass is 1160 g/mol. The predicted molar refractivity (Wildman–Crippen MR) is 302 cm³/mol. The SMILES string of the molecule is CC(=O)O.Cc1nnc2ccc(C(=O)Nc3ccc(Cc4cccc(F)c4)cn3)cn12.Cc1nnc2ccc(C(=O)O)cn12.NN.NNc1ccc(C(=O)O)cn1.Nc1ccc(Cc2cccc(F)c2)cn1.O.O=C(O)c1ccc(Cl)nc1. The van der Waals surface area contributed by atoms with Crippen LogP contribution in [0.15, 0.2) is 159 Å². The molecule has 0 aliphatic rings. The number of carboxylic acids is 4. The molecule has 432 valence electrons. The summed E-state index contributed by atoms with van der Waals surface area (Å²) in [5.74, 6) is 11.3. The van der Waals surface area contributed by atoms with E-state index in [1.54, 1.807) is 76.8 Å². The van der Waals surface area contributed by atoms with Crippen LogP contribution in [-0.2, 0) is 17.6 Å². The van der Waals surface area contributed by atoms with Crippen LogP contribution in [0.25, 0.3) is 11.3 Å². The molecule has 0 atom stereocenters. The van der Waals surface area contributed by atoms with Crippen LogP contribution in [0.5, 0.6) is 0 Å². The van der Waals surface area contributed by atoms with Gasteiger partial charge in [0.05, 0.1) is 22.3 Å². The fourth-order valence-electron chi connectivity index (χ4n) is 6.48. The van der Waals surface area contributed by atoms with Gasteiger partial charge in [0.2, 0.25) is 0 Å². The Morgan fingerprint density at radius 3 is 1.39 bits per heavy atom. The number of carbonyl (C=O) groups excluding carboxylic acids is 1. The van der Waals surface area contributed by atoms with Crippen molar-refractivity contribution < 1.29 is 58.7 Å². The number of hydrazine groups is 2. The van der Waals surface area contributed by atoms with Crippen molar-refractivity contribution in [2.75, 3.05) is 16.5 Å². The van der Waals surface area contributed by atoms with Gasteiger partial charge in [0, 0.05) is 44.1 Å². The van der Waals surface area contributed by atoms with E-state index >= 15 is 0 Å². The average Bonchev–Trinajstić information content (AvgIpc) is 4.29. The van der Waals surface area contributed by atoms with Gasteiger partial charge in [0.15, 0.2) is 11.3 Å². The first kappa shape index (κ1) is 66.5. The number of aromatic carboxylic acids is 3. The maximum Gasteiger partial charge on any atom is 0.337 e. The number of fused-ring (bicyclic) bond motifs is 2. The zero-order valence-electron chi connectivity index (χ0n) is 44.2. The molecule has 1 amide bonds. The summed E-state index contributed by atoms with van der Waals surface area (Å²) in [7, 11) is 0. The highest BCUT2D eigenvalue weighted by Crippen LogP contribution is 2.15. The van der Waals surface area contributed by atoms with Gasteiger partial charge < -0.3 is 42.4 Å². The summed E-state index contributed by atoms with van der Waals surface area (Å²) >= 11 is 5.41. The number of hydrogen-bond acceptors (Lipinski definition) is 18. The maximum atomic E-state index is 13.3. The summed E-state index contributed by atoms with van der Waals surface area (Å²) in [6.45, 7) is 4.67. The number of amides is 1. The standard InChI is InChI=1S/C20H16FN5O.C12H11FN2.C8H7N3O2.C6H4ClNO2.C6H7N3O2.C2H4O2.H4N2.H2O/c1-13-24-25-19-8-6-16(12-26(13)19)20(27)23-18-7-5-15(11-22-18)9-14-3-2-4-17(21)10-14;13-11-3-1-2-9(7-11)6-10-4-5-12(14)15-8-10;1-5-9-10-7-3-2-6(8(12)13)4-11(5)7;7-5-2-1-4(3-8-5)6(9)10;7-9-5-2-1-4(3-8-5)6(10)11;1-2(3)4;1-2;/h2-8,10-12H,9H2,1H3,(H,22,23,27);1-5,7-8H,6H2,(H2,14,15);2-4H,1H3,(H,12,13);1-3H,(H,9,10);1-3H,7H2,(H,8,9)(H,10,11);1H3,(H,3,4);1-2H2;1H2. The highest BCUT2D eigenvalue weighted by molar-refractivity contribution is 6.29. The second-order valence-corrected chi connectivity index (χ2v) is 16.8. The Kier molecular flexibility index (Phi) is 26.9. The Labute approximate surface area is 475 Å². The molecule has 83 heavy (non-hydrogen) atoms. The Bertz CT molecular complexity index is 3710.